The Bertz CT molecular complexity index is 668. The highest BCUT2D eigenvalue weighted by molar-refractivity contribution is 5.69. The normalized spacial score (nSPS) is 11.5. The predicted octanol–water partition coefficient (Wildman–Crippen LogP) is 2.90. The van der Waals surface area contributed by atoms with Crippen molar-refractivity contribution in [2.75, 3.05) is 0 Å². The Labute approximate surface area is 131 Å². The van der Waals surface area contributed by atoms with Crippen molar-refractivity contribution in [1.82, 2.24) is 14.8 Å². The summed E-state index contributed by atoms with van der Waals surface area (Å²) in [6, 6.07) is 5.05. The van der Waals surface area contributed by atoms with Crippen LogP contribution in [0.1, 0.15) is 29.8 Å². The SMILES string of the molecule is Cn1cnnc1CCCC(=O)OCc1ccccc1C(F)(F)F. The molecule has 0 unspecified atom stereocenters. The molecule has 0 aliphatic carbocycles. The van der Waals surface area contributed by atoms with Crippen molar-refractivity contribution in [3.05, 3.63) is 47.5 Å². The molecule has 0 N–H and O–H groups in total. The maximum Gasteiger partial charge on any atom is 0.416 e. The molecule has 0 spiro atoms. The van der Waals surface area contributed by atoms with E-state index >= 15 is 0 Å². The summed E-state index contributed by atoms with van der Waals surface area (Å²) in [6.07, 6.45) is -1.76. The van der Waals surface area contributed by atoms with Crippen LogP contribution in [0.15, 0.2) is 30.6 Å². The Hall–Kier alpha value is -2.38. The largest absolute Gasteiger partial charge is 0.461 e. The van der Waals surface area contributed by atoms with Gasteiger partial charge in [0.25, 0.3) is 0 Å². The second kappa shape index (κ2) is 7.26. The van der Waals surface area contributed by atoms with Crippen molar-refractivity contribution < 1.29 is 22.7 Å². The Morgan fingerprint density at radius 2 is 2.04 bits per heavy atom. The van der Waals surface area contributed by atoms with E-state index in [2.05, 4.69) is 10.2 Å². The molecule has 8 heteroatoms. The highest BCUT2D eigenvalue weighted by Crippen LogP contribution is 2.32. The summed E-state index contributed by atoms with van der Waals surface area (Å²) in [7, 11) is 1.79. The van der Waals surface area contributed by atoms with Crippen LogP contribution in [-0.2, 0) is 35.8 Å². The smallest absolute Gasteiger partial charge is 0.416 e. The number of aromatic nitrogens is 3. The van der Waals surface area contributed by atoms with Gasteiger partial charge in [0.2, 0.25) is 0 Å². The number of ether oxygens (including phenoxy) is 1. The Morgan fingerprint density at radius 1 is 1.30 bits per heavy atom. The lowest BCUT2D eigenvalue weighted by molar-refractivity contribution is -0.147. The third kappa shape index (κ3) is 4.80. The van der Waals surface area contributed by atoms with Crippen LogP contribution in [0.3, 0.4) is 0 Å². The van der Waals surface area contributed by atoms with Gasteiger partial charge in [-0.2, -0.15) is 13.2 Å². The van der Waals surface area contributed by atoms with Crippen molar-refractivity contribution in [3.8, 4) is 0 Å². The predicted molar refractivity (Wildman–Crippen MR) is 75.2 cm³/mol. The fourth-order valence-electron chi connectivity index (χ4n) is 2.08. The number of hydrogen-bond donors (Lipinski definition) is 0. The molecular formula is C15H16F3N3O2. The van der Waals surface area contributed by atoms with Gasteiger partial charge in [0, 0.05) is 25.5 Å². The van der Waals surface area contributed by atoms with Gasteiger partial charge in [-0.15, -0.1) is 10.2 Å². The Balaban J connectivity index is 1.82. The number of aryl methyl sites for hydroxylation is 2. The zero-order valence-electron chi connectivity index (χ0n) is 12.5. The van der Waals surface area contributed by atoms with Crippen LogP contribution in [0, 0.1) is 0 Å². The van der Waals surface area contributed by atoms with Crippen LogP contribution < -0.4 is 0 Å². The van der Waals surface area contributed by atoms with Crippen molar-refractivity contribution >= 4 is 5.97 Å². The van der Waals surface area contributed by atoms with Gasteiger partial charge in [-0.3, -0.25) is 4.79 Å². The number of esters is 1. The summed E-state index contributed by atoms with van der Waals surface area (Å²) in [5.41, 5.74) is -0.839. The van der Waals surface area contributed by atoms with Gasteiger partial charge in [-0.25, -0.2) is 0 Å². The molecule has 0 aliphatic heterocycles. The number of alkyl halides is 3. The Morgan fingerprint density at radius 3 is 2.70 bits per heavy atom. The second-order valence-corrected chi connectivity index (χ2v) is 5.03. The maximum atomic E-state index is 12.8. The first kappa shape index (κ1) is 17.0. The molecule has 0 saturated carbocycles. The highest BCUT2D eigenvalue weighted by atomic mass is 19.4. The van der Waals surface area contributed by atoms with Crippen LogP contribution in [0.5, 0.6) is 0 Å². The second-order valence-electron chi connectivity index (χ2n) is 5.03. The fraction of sp³-hybridized carbons (Fsp3) is 0.400. The van der Waals surface area contributed by atoms with Crippen LogP contribution in [-0.4, -0.2) is 20.7 Å². The van der Waals surface area contributed by atoms with E-state index in [1.54, 1.807) is 17.9 Å². The average Bonchev–Trinajstić information content (AvgIpc) is 2.90. The molecule has 0 amide bonds. The van der Waals surface area contributed by atoms with Crippen LogP contribution in [0.4, 0.5) is 13.2 Å². The molecule has 0 atom stereocenters. The lowest BCUT2D eigenvalue weighted by Crippen LogP contribution is -2.12. The number of carbonyl (C=O) groups excluding carboxylic acids is 1. The first-order chi connectivity index (χ1) is 10.9. The molecule has 1 aromatic carbocycles. The minimum absolute atomic E-state index is 0.0540. The van der Waals surface area contributed by atoms with E-state index in [9.17, 15) is 18.0 Å². The summed E-state index contributed by atoms with van der Waals surface area (Å²) in [5, 5.41) is 7.60. The molecule has 1 heterocycles. The topological polar surface area (TPSA) is 57.0 Å². The standard InChI is InChI=1S/C15H16F3N3O2/c1-21-10-19-20-13(21)7-4-8-14(22)23-9-11-5-2-3-6-12(11)15(16,17)18/h2-3,5-6,10H,4,7-9H2,1H3. The third-order valence-corrected chi connectivity index (χ3v) is 3.30. The molecule has 5 nitrogen and oxygen atoms in total. The Kier molecular flexibility index (Phi) is 5.36. The van der Waals surface area contributed by atoms with Crippen molar-refractivity contribution in [3.63, 3.8) is 0 Å². The third-order valence-electron chi connectivity index (χ3n) is 3.30. The molecule has 0 saturated heterocycles. The first-order valence-electron chi connectivity index (χ1n) is 7.01. The minimum atomic E-state index is -4.46. The quantitative estimate of drug-likeness (QED) is 0.766. The van der Waals surface area contributed by atoms with Gasteiger partial charge in [0.1, 0.15) is 18.8 Å². The molecule has 2 rings (SSSR count). The van der Waals surface area contributed by atoms with Crippen LogP contribution in [0.25, 0.3) is 0 Å². The summed E-state index contributed by atoms with van der Waals surface area (Å²) in [5.74, 6) is 0.198. The molecule has 23 heavy (non-hydrogen) atoms. The van der Waals surface area contributed by atoms with Crippen LogP contribution >= 0.6 is 0 Å². The van der Waals surface area contributed by atoms with Gasteiger partial charge >= 0.3 is 12.1 Å². The van der Waals surface area contributed by atoms with Gasteiger partial charge < -0.3 is 9.30 Å². The van der Waals surface area contributed by atoms with Gasteiger partial charge in [0.15, 0.2) is 0 Å². The zero-order chi connectivity index (χ0) is 16.9. The summed E-state index contributed by atoms with van der Waals surface area (Å²) in [6.45, 7) is -0.390. The number of nitrogens with zero attached hydrogens (tertiary/aromatic N) is 3. The maximum absolute atomic E-state index is 12.8. The molecule has 1 aromatic heterocycles. The van der Waals surface area contributed by atoms with E-state index in [1.807, 2.05) is 0 Å². The minimum Gasteiger partial charge on any atom is -0.461 e. The molecule has 0 aliphatic rings. The number of hydrogen-bond acceptors (Lipinski definition) is 4. The van der Waals surface area contributed by atoms with E-state index < -0.39 is 24.3 Å². The molecule has 0 fully saturated rings. The highest BCUT2D eigenvalue weighted by Gasteiger charge is 2.33. The summed E-state index contributed by atoms with van der Waals surface area (Å²) in [4.78, 5) is 11.6. The number of halogens is 3. The van der Waals surface area contributed by atoms with Crippen LogP contribution in [0.2, 0.25) is 0 Å². The van der Waals surface area contributed by atoms with Crippen molar-refractivity contribution in [2.45, 2.75) is 32.0 Å². The zero-order valence-corrected chi connectivity index (χ0v) is 12.5. The van der Waals surface area contributed by atoms with E-state index in [1.165, 1.54) is 18.2 Å². The molecular weight excluding hydrogens is 311 g/mol. The lowest BCUT2D eigenvalue weighted by Gasteiger charge is -2.12. The van der Waals surface area contributed by atoms with E-state index in [4.69, 9.17) is 4.74 Å². The van der Waals surface area contributed by atoms with Gasteiger partial charge in [-0.1, -0.05) is 18.2 Å². The fourth-order valence-corrected chi connectivity index (χ4v) is 2.08. The number of carbonyl (C=O) groups is 1. The monoisotopic (exact) mass is 327 g/mol. The first-order valence-corrected chi connectivity index (χ1v) is 7.01. The average molecular weight is 327 g/mol. The molecule has 0 bridgehead atoms. The van der Waals surface area contributed by atoms with Gasteiger partial charge in [-0.05, 0) is 12.5 Å². The summed E-state index contributed by atoms with van der Waals surface area (Å²) >= 11 is 0. The van der Waals surface area contributed by atoms with E-state index in [0.717, 1.165) is 11.9 Å². The van der Waals surface area contributed by atoms with E-state index in [-0.39, 0.29) is 12.0 Å². The lowest BCUT2D eigenvalue weighted by atomic mass is 10.1. The molecule has 124 valence electrons. The molecule has 0 radical (unpaired) electrons. The molecule has 2 aromatic rings. The van der Waals surface area contributed by atoms with Crippen molar-refractivity contribution in [2.24, 2.45) is 7.05 Å². The van der Waals surface area contributed by atoms with E-state index in [0.29, 0.717) is 12.8 Å². The number of benzene rings is 1. The summed E-state index contributed by atoms with van der Waals surface area (Å²) < 4.78 is 45.1. The van der Waals surface area contributed by atoms with Crippen molar-refractivity contribution in [1.29, 1.82) is 0 Å². The van der Waals surface area contributed by atoms with Gasteiger partial charge in [0.05, 0.1) is 5.56 Å². The number of rotatable bonds is 6.